The molecule has 0 spiro atoms. The average molecular weight is 296 g/mol. The number of amides is 2. The van der Waals surface area contributed by atoms with Crippen molar-refractivity contribution in [2.45, 2.75) is 6.92 Å². The van der Waals surface area contributed by atoms with Gasteiger partial charge in [0.05, 0.1) is 21.4 Å². The molecule has 0 atom stereocenters. The third-order valence-electron chi connectivity index (χ3n) is 2.43. The molecule has 1 aromatic heterocycles. The highest BCUT2D eigenvalue weighted by molar-refractivity contribution is 6.42. The summed E-state index contributed by atoms with van der Waals surface area (Å²) in [7, 11) is 0. The summed E-state index contributed by atoms with van der Waals surface area (Å²) in [5.74, 6) is 0. The molecule has 2 amide bonds. The minimum Gasteiger partial charge on any atom is -0.308 e. The Kier molecular flexibility index (Phi) is 4.24. The molecule has 2 N–H and O–H groups in total. The first kappa shape index (κ1) is 13.6. The zero-order valence-corrected chi connectivity index (χ0v) is 11.6. The van der Waals surface area contributed by atoms with Crippen molar-refractivity contribution in [3.05, 3.63) is 52.3 Å². The predicted octanol–water partition coefficient (Wildman–Crippen LogP) is 4.34. The monoisotopic (exact) mass is 295 g/mol. The number of carbonyl (C=O) groups excluding carboxylic acids is 1. The van der Waals surface area contributed by atoms with E-state index in [-0.39, 0.29) is 6.03 Å². The fourth-order valence-electron chi connectivity index (χ4n) is 1.47. The Labute approximate surface area is 120 Å². The minimum absolute atomic E-state index is 0.366. The van der Waals surface area contributed by atoms with Crippen molar-refractivity contribution in [3.8, 4) is 0 Å². The lowest BCUT2D eigenvalue weighted by Crippen LogP contribution is -2.20. The molecular formula is C13H11Cl2N3O. The normalized spacial score (nSPS) is 10.1. The van der Waals surface area contributed by atoms with Crippen LogP contribution in [0.25, 0.3) is 0 Å². The van der Waals surface area contributed by atoms with Crippen LogP contribution < -0.4 is 10.6 Å². The van der Waals surface area contributed by atoms with Gasteiger partial charge in [-0.1, -0.05) is 23.2 Å². The summed E-state index contributed by atoms with van der Waals surface area (Å²) in [6.07, 6.45) is 1.66. The van der Waals surface area contributed by atoms with Crippen LogP contribution in [0.3, 0.4) is 0 Å². The highest BCUT2D eigenvalue weighted by Gasteiger charge is 2.06. The van der Waals surface area contributed by atoms with E-state index in [1.165, 1.54) is 0 Å². The quantitative estimate of drug-likeness (QED) is 0.866. The number of benzene rings is 1. The van der Waals surface area contributed by atoms with Crippen LogP contribution >= 0.6 is 23.2 Å². The van der Waals surface area contributed by atoms with Crippen molar-refractivity contribution in [2.24, 2.45) is 0 Å². The molecule has 2 aromatic rings. The molecule has 6 heteroatoms. The van der Waals surface area contributed by atoms with E-state index < -0.39 is 0 Å². The molecule has 0 saturated heterocycles. The van der Waals surface area contributed by atoms with Gasteiger partial charge >= 0.3 is 6.03 Å². The summed E-state index contributed by atoms with van der Waals surface area (Å²) >= 11 is 11.7. The summed E-state index contributed by atoms with van der Waals surface area (Å²) in [4.78, 5) is 15.9. The van der Waals surface area contributed by atoms with Crippen molar-refractivity contribution in [3.63, 3.8) is 0 Å². The highest BCUT2D eigenvalue weighted by Crippen LogP contribution is 2.25. The molecule has 19 heavy (non-hydrogen) atoms. The fraction of sp³-hybridized carbons (Fsp3) is 0.0769. The van der Waals surface area contributed by atoms with Crippen LogP contribution in [-0.4, -0.2) is 11.0 Å². The van der Waals surface area contributed by atoms with Gasteiger partial charge in [0, 0.05) is 11.9 Å². The SMILES string of the molecule is Cc1ncccc1NC(=O)Nc1ccc(Cl)c(Cl)c1. The first-order chi connectivity index (χ1) is 9.06. The zero-order valence-electron chi connectivity index (χ0n) is 10.1. The Balaban J connectivity index is 2.05. The van der Waals surface area contributed by atoms with E-state index in [1.54, 1.807) is 36.5 Å². The van der Waals surface area contributed by atoms with Crippen molar-refractivity contribution in [1.29, 1.82) is 0 Å². The number of rotatable bonds is 2. The molecule has 0 bridgehead atoms. The van der Waals surface area contributed by atoms with Gasteiger partial charge in [0.1, 0.15) is 0 Å². The Bertz CT molecular complexity index is 617. The second-order valence-corrected chi connectivity index (χ2v) is 4.66. The largest absolute Gasteiger partial charge is 0.323 e. The number of aromatic nitrogens is 1. The molecule has 1 aromatic carbocycles. The molecule has 4 nitrogen and oxygen atoms in total. The summed E-state index contributed by atoms with van der Waals surface area (Å²) in [6.45, 7) is 1.81. The van der Waals surface area contributed by atoms with E-state index in [4.69, 9.17) is 23.2 Å². The number of halogens is 2. The summed E-state index contributed by atoms with van der Waals surface area (Å²) in [5.41, 5.74) is 1.96. The van der Waals surface area contributed by atoms with Crippen LogP contribution in [0, 0.1) is 6.92 Å². The number of nitrogens with one attached hydrogen (secondary N) is 2. The van der Waals surface area contributed by atoms with E-state index in [0.717, 1.165) is 5.69 Å². The van der Waals surface area contributed by atoms with E-state index in [9.17, 15) is 4.79 Å². The molecule has 0 aliphatic heterocycles. The lowest BCUT2D eigenvalue weighted by atomic mass is 10.3. The number of nitrogens with zero attached hydrogens (tertiary/aromatic N) is 1. The summed E-state index contributed by atoms with van der Waals surface area (Å²) < 4.78 is 0. The molecular weight excluding hydrogens is 285 g/mol. The molecule has 0 radical (unpaired) electrons. The predicted molar refractivity (Wildman–Crippen MR) is 78.1 cm³/mol. The maximum absolute atomic E-state index is 11.8. The third kappa shape index (κ3) is 3.59. The Morgan fingerprint density at radius 1 is 1.16 bits per heavy atom. The summed E-state index contributed by atoms with van der Waals surface area (Å²) in [6, 6.07) is 8.03. The van der Waals surface area contributed by atoms with Crippen LogP contribution in [0.5, 0.6) is 0 Å². The van der Waals surface area contributed by atoms with Gasteiger partial charge in [0.15, 0.2) is 0 Å². The van der Waals surface area contributed by atoms with Gasteiger partial charge in [-0.2, -0.15) is 0 Å². The van der Waals surface area contributed by atoms with Crippen LogP contribution in [0.15, 0.2) is 36.5 Å². The number of anilines is 2. The van der Waals surface area contributed by atoms with Crippen molar-refractivity contribution < 1.29 is 4.79 Å². The number of carbonyl (C=O) groups is 1. The molecule has 98 valence electrons. The number of hydrogen-bond donors (Lipinski definition) is 2. The molecule has 0 saturated carbocycles. The molecule has 0 aliphatic rings. The lowest BCUT2D eigenvalue weighted by Gasteiger charge is -2.09. The second kappa shape index (κ2) is 5.91. The Hall–Kier alpha value is -1.78. The highest BCUT2D eigenvalue weighted by atomic mass is 35.5. The van der Waals surface area contributed by atoms with Crippen LogP contribution in [0.2, 0.25) is 10.0 Å². The van der Waals surface area contributed by atoms with Gasteiger partial charge in [0.25, 0.3) is 0 Å². The van der Waals surface area contributed by atoms with Gasteiger partial charge < -0.3 is 10.6 Å². The van der Waals surface area contributed by atoms with Gasteiger partial charge in [-0.15, -0.1) is 0 Å². The van der Waals surface area contributed by atoms with Gasteiger partial charge in [-0.3, -0.25) is 4.98 Å². The third-order valence-corrected chi connectivity index (χ3v) is 3.17. The van der Waals surface area contributed by atoms with Crippen LogP contribution in [0.1, 0.15) is 5.69 Å². The number of hydrogen-bond acceptors (Lipinski definition) is 2. The number of aryl methyl sites for hydroxylation is 1. The maximum Gasteiger partial charge on any atom is 0.323 e. The molecule has 0 fully saturated rings. The van der Waals surface area contributed by atoms with Crippen molar-refractivity contribution in [1.82, 2.24) is 4.98 Å². The van der Waals surface area contributed by atoms with Crippen LogP contribution in [0.4, 0.5) is 16.2 Å². The Morgan fingerprint density at radius 2 is 1.95 bits per heavy atom. The average Bonchev–Trinajstić information content (AvgIpc) is 2.37. The van der Waals surface area contributed by atoms with Gasteiger partial charge in [0.2, 0.25) is 0 Å². The zero-order chi connectivity index (χ0) is 13.8. The fourth-order valence-corrected chi connectivity index (χ4v) is 1.77. The standard InChI is InChI=1S/C13H11Cl2N3O/c1-8-12(3-2-6-16-8)18-13(19)17-9-4-5-10(14)11(15)7-9/h2-7H,1H3,(H2,17,18,19). The van der Waals surface area contributed by atoms with Crippen molar-refractivity contribution >= 4 is 40.6 Å². The molecule has 2 rings (SSSR count). The van der Waals surface area contributed by atoms with Crippen LogP contribution in [-0.2, 0) is 0 Å². The van der Waals surface area contributed by atoms with Crippen molar-refractivity contribution in [2.75, 3.05) is 10.6 Å². The number of urea groups is 1. The van der Waals surface area contributed by atoms with Gasteiger partial charge in [-0.25, -0.2) is 4.79 Å². The number of pyridine rings is 1. The second-order valence-electron chi connectivity index (χ2n) is 3.84. The molecule has 0 aliphatic carbocycles. The summed E-state index contributed by atoms with van der Waals surface area (Å²) in [5, 5.41) is 6.20. The molecule has 1 heterocycles. The van der Waals surface area contributed by atoms with E-state index >= 15 is 0 Å². The minimum atomic E-state index is -0.366. The van der Waals surface area contributed by atoms with E-state index in [0.29, 0.717) is 21.4 Å². The first-order valence-corrected chi connectivity index (χ1v) is 6.26. The maximum atomic E-state index is 11.8. The van der Waals surface area contributed by atoms with E-state index in [2.05, 4.69) is 15.6 Å². The molecule has 0 unspecified atom stereocenters. The Morgan fingerprint density at radius 3 is 2.63 bits per heavy atom. The van der Waals surface area contributed by atoms with E-state index in [1.807, 2.05) is 6.92 Å². The topological polar surface area (TPSA) is 54.0 Å². The van der Waals surface area contributed by atoms with Gasteiger partial charge in [-0.05, 0) is 37.3 Å². The lowest BCUT2D eigenvalue weighted by molar-refractivity contribution is 0.262. The smallest absolute Gasteiger partial charge is 0.308 e. The first-order valence-electron chi connectivity index (χ1n) is 5.51.